The highest BCUT2D eigenvalue weighted by atomic mass is 16.4. The van der Waals surface area contributed by atoms with Gasteiger partial charge in [0.05, 0.1) is 0 Å². The lowest BCUT2D eigenvalue weighted by molar-refractivity contribution is 0.0690. The zero-order valence-electron chi connectivity index (χ0n) is 8.95. The van der Waals surface area contributed by atoms with Gasteiger partial charge in [-0.15, -0.1) is 0 Å². The van der Waals surface area contributed by atoms with E-state index in [0.717, 1.165) is 18.5 Å². The summed E-state index contributed by atoms with van der Waals surface area (Å²) < 4.78 is 1.46. The van der Waals surface area contributed by atoms with Crippen molar-refractivity contribution in [1.82, 2.24) is 19.7 Å². The van der Waals surface area contributed by atoms with Crippen molar-refractivity contribution < 1.29 is 9.90 Å². The van der Waals surface area contributed by atoms with Gasteiger partial charge in [-0.3, -0.25) is 0 Å². The first-order valence-corrected chi connectivity index (χ1v) is 5.35. The third-order valence-electron chi connectivity index (χ3n) is 2.71. The highest BCUT2D eigenvalue weighted by molar-refractivity contribution is 5.85. The molecular formula is C11H10N4O2. The van der Waals surface area contributed by atoms with Gasteiger partial charge in [-0.05, 0) is 18.9 Å². The van der Waals surface area contributed by atoms with Crippen molar-refractivity contribution in [1.29, 1.82) is 0 Å². The van der Waals surface area contributed by atoms with Crippen molar-refractivity contribution in [2.75, 3.05) is 0 Å². The van der Waals surface area contributed by atoms with Crippen molar-refractivity contribution in [2.45, 2.75) is 18.8 Å². The fourth-order valence-corrected chi connectivity index (χ4v) is 1.65. The molecule has 1 aliphatic carbocycles. The number of nitrogens with zero attached hydrogens (tertiary/aromatic N) is 4. The van der Waals surface area contributed by atoms with Gasteiger partial charge >= 0.3 is 5.97 Å². The highest BCUT2D eigenvalue weighted by Gasteiger charge is 2.25. The summed E-state index contributed by atoms with van der Waals surface area (Å²) in [6.45, 7) is 0. The minimum Gasteiger partial charge on any atom is -0.476 e. The Morgan fingerprint density at radius 2 is 2.24 bits per heavy atom. The first-order valence-electron chi connectivity index (χ1n) is 5.35. The highest BCUT2D eigenvalue weighted by Crippen LogP contribution is 2.38. The van der Waals surface area contributed by atoms with Gasteiger partial charge in [-0.2, -0.15) is 5.10 Å². The quantitative estimate of drug-likeness (QED) is 0.857. The Balaban J connectivity index is 1.96. The molecule has 0 spiro atoms. The maximum Gasteiger partial charge on any atom is 0.356 e. The molecule has 0 aliphatic heterocycles. The first kappa shape index (κ1) is 9.95. The summed E-state index contributed by atoms with van der Waals surface area (Å²) in [4.78, 5) is 19.0. The van der Waals surface area contributed by atoms with Gasteiger partial charge in [0.1, 0.15) is 6.33 Å². The molecule has 2 aromatic heterocycles. The van der Waals surface area contributed by atoms with Crippen LogP contribution in [-0.4, -0.2) is 30.8 Å². The van der Waals surface area contributed by atoms with Crippen LogP contribution in [-0.2, 0) is 0 Å². The average molecular weight is 230 g/mol. The summed E-state index contributed by atoms with van der Waals surface area (Å²) in [5.41, 5.74) is 1.01. The van der Waals surface area contributed by atoms with Crippen LogP contribution in [0.2, 0.25) is 0 Å². The minimum absolute atomic E-state index is 0.0107. The summed E-state index contributed by atoms with van der Waals surface area (Å²) >= 11 is 0. The number of aromatic carboxylic acids is 1. The Hall–Kier alpha value is -2.24. The zero-order chi connectivity index (χ0) is 11.8. The van der Waals surface area contributed by atoms with E-state index in [0.29, 0.717) is 11.7 Å². The van der Waals surface area contributed by atoms with E-state index in [1.807, 2.05) is 6.07 Å². The van der Waals surface area contributed by atoms with E-state index >= 15 is 0 Å². The van der Waals surface area contributed by atoms with Crippen LogP contribution >= 0.6 is 0 Å². The molecule has 0 radical (unpaired) electrons. The Kier molecular flexibility index (Phi) is 2.14. The van der Waals surface area contributed by atoms with Crippen molar-refractivity contribution in [3.05, 3.63) is 36.0 Å². The van der Waals surface area contributed by atoms with Crippen LogP contribution in [0, 0.1) is 0 Å². The molecule has 0 unspecified atom stereocenters. The molecule has 17 heavy (non-hydrogen) atoms. The molecule has 86 valence electrons. The maximum absolute atomic E-state index is 10.7. The topological polar surface area (TPSA) is 80.9 Å². The Labute approximate surface area is 96.9 Å². The fraction of sp³-hybridized carbons (Fsp3) is 0.273. The van der Waals surface area contributed by atoms with Crippen LogP contribution in [0.15, 0.2) is 24.7 Å². The largest absolute Gasteiger partial charge is 0.476 e. The van der Waals surface area contributed by atoms with Crippen molar-refractivity contribution in [3.63, 3.8) is 0 Å². The second-order valence-electron chi connectivity index (χ2n) is 4.03. The third kappa shape index (κ3) is 1.89. The number of carboxylic acid groups (broad SMARTS) is 1. The van der Waals surface area contributed by atoms with E-state index in [-0.39, 0.29) is 5.69 Å². The molecule has 0 bridgehead atoms. The van der Waals surface area contributed by atoms with Crippen LogP contribution in [0.25, 0.3) is 5.82 Å². The zero-order valence-corrected chi connectivity index (χ0v) is 8.95. The molecule has 1 aliphatic rings. The van der Waals surface area contributed by atoms with Gasteiger partial charge in [-0.25, -0.2) is 19.4 Å². The molecule has 0 amide bonds. The van der Waals surface area contributed by atoms with Gasteiger partial charge in [0.15, 0.2) is 11.5 Å². The molecule has 3 rings (SSSR count). The molecule has 0 aromatic carbocycles. The second-order valence-corrected chi connectivity index (χ2v) is 4.03. The number of carbonyl (C=O) groups is 1. The molecule has 1 N–H and O–H groups in total. The molecule has 0 atom stereocenters. The number of rotatable bonds is 3. The Morgan fingerprint density at radius 3 is 2.88 bits per heavy atom. The smallest absolute Gasteiger partial charge is 0.356 e. The van der Waals surface area contributed by atoms with E-state index < -0.39 is 5.97 Å². The first-order chi connectivity index (χ1) is 8.24. The molecule has 6 heteroatoms. The van der Waals surface area contributed by atoms with Gasteiger partial charge in [0, 0.05) is 23.9 Å². The van der Waals surface area contributed by atoms with Crippen LogP contribution in [0.1, 0.15) is 34.9 Å². The minimum atomic E-state index is -1.04. The number of aromatic nitrogens is 4. The summed E-state index contributed by atoms with van der Waals surface area (Å²) in [6.07, 6.45) is 5.40. The molecule has 1 fully saturated rings. The van der Waals surface area contributed by atoms with E-state index in [1.165, 1.54) is 17.1 Å². The van der Waals surface area contributed by atoms with Crippen molar-refractivity contribution >= 4 is 5.97 Å². The number of hydrogen-bond donors (Lipinski definition) is 1. The summed E-state index contributed by atoms with van der Waals surface area (Å²) in [6, 6.07) is 3.30. The van der Waals surface area contributed by atoms with Crippen LogP contribution in [0.4, 0.5) is 0 Å². The van der Waals surface area contributed by atoms with E-state index in [9.17, 15) is 4.79 Å². The average Bonchev–Trinajstić information content (AvgIpc) is 3.06. The van der Waals surface area contributed by atoms with Gasteiger partial charge in [0.2, 0.25) is 0 Å². The maximum atomic E-state index is 10.7. The Morgan fingerprint density at radius 1 is 1.41 bits per heavy atom. The molecular weight excluding hydrogens is 220 g/mol. The van der Waals surface area contributed by atoms with Crippen molar-refractivity contribution in [3.8, 4) is 5.82 Å². The lowest BCUT2D eigenvalue weighted by Crippen LogP contribution is -2.03. The number of carboxylic acids is 1. The predicted molar refractivity (Wildman–Crippen MR) is 58.1 cm³/mol. The standard InChI is InChI=1S/C11H10N4O2/c16-11(17)8-3-4-15(14-8)10-5-9(7-1-2-7)12-6-13-10/h3-7H,1-2H2,(H,16,17). The second kappa shape index (κ2) is 3.65. The number of hydrogen-bond acceptors (Lipinski definition) is 4. The van der Waals surface area contributed by atoms with Crippen molar-refractivity contribution in [2.24, 2.45) is 0 Å². The van der Waals surface area contributed by atoms with Gasteiger partial charge < -0.3 is 5.11 Å². The molecule has 2 heterocycles. The van der Waals surface area contributed by atoms with E-state index in [2.05, 4.69) is 15.1 Å². The summed E-state index contributed by atoms with van der Waals surface area (Å²) in [7, 11) is 0. The third-order valence-corrected chi connectivity index (χ3v) is 2.71. The normalized spacial score (nSPS) is 14.8. The van der Waals surface area contributed by atoms with Gasteiger partial charge in [0.25, 0.3) is 0 Å². The monoisotopic (exact) mass is 230 g/mol. The van der Waals surface area contributed by atoms with Crippen LogP contribution < -0.4 is 0 Å². The predicted octanol–water partition coefficient (Wildman–Crippen LogP) is 1.24. The van der Waals surface area contributed by atoms with Gasteiger partial charge in [-0.1, -0.05) is 0 Å². The lowest BCUT2D eigenvalue weighted by atomic mass is 10.3. The fourth-order valence-electron chi connectivity index (χ4n) is 1.65. The van der Waals surface area contributed by atoms with E-state index in [4.69, 9.17) is 5.11 Å². The Bertz CT molecular complexity index is 574. The SMILES string of the molecule is O=C(O)c1ccn(-c2cc(C3CC3)ncn2)n1. The molecule has 2 aromatic rings. The van der Waals surface area contributed by atoms with E-state index in [1.54, 1.807) is 6.20 Å². The molecule has 0 saturated heterocycles. The lowest BCUT2D eigenvalue weighted by Gasteiger charge is -2.01. The van der Waals surface area contributed by atoms with Crippen LogP contribution in [0.3, 0.4) is 0 Å². The summed E-state index contributed by atoms with van der Waals surface area (Å²) in [5, 5.41) is 12.7. The molecule has 6 nitrogen and oxygen atoms in total. The molecule has 1 saturated carbocycles. The van der Waals surface area contributed by atoms with Crippen LogP contribution in [0.5, 0.6) is 0 Å². The summed E-state index contributed by atoms with van der Waals surface area (Å²) in [5.74, 6) is 0.0980.